The molecule has 1 heterocycles. The van der Waals surface area contributed by atoms with E-state index in [4.69, 9.17) is 26.8 Å². The summed E-state index contributed by atoms with van der Waals surface area (Å²) in [4.78, 5) is 13.4. The maximum absolute atomic E-state index is 13.5. The van der Waals surface area contributed by atoms with E-state index >= 15 is 0 Å². The van der Waals surface area contributed by atoms with E-state index in [2.05, 4.69) is 4.90 Å². The smallest absolute Gasteiger partial charge is 0.220 e. The first kappa shape index (κ1) is 17.1. The minimum Gasteiger partial charge on any atom is -0.382 e. The van der Waals surface area contributed by atoms with E-state index in [-0.39, 0.29) is 18.1 Å². The molecule has 5 nitrogen and oxygen atoms in total. The molecule has 1 aliphatic rings. The molecule has 2 rings (SSSR count). The summed E-state index contributed by atoms with van der Waals surface area (Å²) in [6.07, 6.45) is 0.0896. The van der Waals surface area contributed by atoms with Gasteiger partial charge in [-0.05, 0) is 17.7 Å². The average molecular weight is 331 g/mol. The van der Waals surface area contributed by atoms with E-state index in [1.165, 1.54) is 6.07 Å². The van der Waals surface area contributed by atoms with Crippen LogP contribution >= 0.6 is 11.6 Å². The molecule has 7 heteroatoms. The van der Waals surface area contributed by atoms with Crippen molar-refractivity contribution in [1.82, 2.24) is 4.90 Å². The van der Waals surface area contributed by atoms with E-state index in [1.54, 1.807) is 19.2 Å². The third-order valence-electron chi connectivity index (χ3n) is 3.62. The van der Waals surface area contributed by atoms with Gasteiger partial charge in [0.15, 0.2) is 0 Å². The Balaban J connectivity index is 2.07. The lowest BCUT2D eigenvalue weighted by molar-refractivity contribution is -0.154. The van der Waals surface area contributed by atoms with E-state index in [0.717, 1.165) is 5.56 Å². The topological polar surface area (TPSA) is 64.8 Å². The first-order valence-corrected chi connectivity index (χ1v) is 7.39. The van der Waals surface area contributed by atoms with Crippen LogP contribution in [-0.4, -0.2) is 49.8 Å². The number of morpholine rings is 1. The van der Waals surface area contributed by atoms with Crippen LogP contribution in [0.4, 0.5) is 4.39 Å². The fourth-order valence-corrected chi connectivity index (χ4v) is 2.90. The number of hydrogen-bond acceptors (Lipinski definition) is 4. The Labute approximate surface area is 134 Å². The highest BCUT2D eigenvalue weighted by Gasteiger charge is 2.38. The molecule has 1 atom stereocenters. The lowest BCUT2D eigenvalue weighted by atomic mass is 9.97. The fourth-order valence-electron chi connectivity index (χ4n) is 2.78. The molecule has 1 aliphatic heterocycles. The molecule has 1 aromatic carbocycles. The molecule has 0 bridgehead atoms. The van der Waals surface area contributed by atoms with Crippen LogP contribution in [0, 0.1) is 5.82 Å². The number of halogens is 2. The molecule has 0 aromatic heterocycles. The molecule has 1 aromatic rings. The zero-order chi connectivity index (χ0) is 16.2. The van der Waals surface area contributed by atoms with Gasteiger partial charge in [0.25, 0.3) is 0 Å². The number of hydrogen-bond donors (Lipinski definition) is 1. The summed E-state index contributed by atoms with van der Waals surface area (Å²) in [5, 5.41) is 0.105. The summed E-state index contributed by atoms with van der Waals surface area (Å²) in [6, 6.07) is 4.75. The molecular weight excluding hydrogens is 311 g/mol. The van der Waals surface area contributed by atoms with Crippen molar-refractivity contribution in [3.05, 3.63) is 34.6 Å². The third kappa shape index (κ3) is 4.39. The van der Waals surface area contributed by atoms with Gasteiger partial charge in [0.05, 0.1) is 24.7 Å². The van der Waals surface area contributed by atoms with Crippen LogP contribution in [0.25, 0.3) is 0 Å². The van der Waals surface area contributed by atoms with Crippen LogP contribution in [0.2, 0.25) is 5.02 Å². The number of ether oxygens (including phenoxy) is 2. The second kappa shape index (κ2) is 7.37. The summed E-state index contributed by atoms with van der Waals surface area (Å²) < 4.78 is 24.5. The molecule has 22 heavy (non-hydrogen) atoms. The predicted molar refractivity (Wildman–Crippen MR) is 81.1 cm³/mol. The highest BCUT2D eigenvalue weighted by Crippen LogP contribution is 2.24. The molecule has 1 fully saturated rings. The van der Waals surface area contributed by atoms with E-state index in [1.807, 2.05) is 0 Å². The van der Waals surface area contributed by atoms with Crippen LogP contribution in [0.5, 0.6) is 0 Å². The van der Waals surface area contributed by atoms with Crippen molar-refractivity contribution in [3.63, 3.8) is 0 Å². The molecule has 0 unspecified atom stereocenters. The molecule has 0 aliphatic carbocycles. The quantitative estimate of drug-likeness (QED) is 0.860. The zero-order valence-electron chi connectivity index (χ0n) is 12.5. The molecule has 0 saturated carbocycles. The normalized spacial score (nSPS) is 22.7. The molecule has 0 radical (unpaired) electrons. The Morgan fingerprint density at radius 2 is 2.36 bits per heavy atom. The number of methoxy groups -OCH3 is 1. The lowest BCUT2D eigenvalue weighted by Crippen LogP contribution is -2.55. The van der Waals surface area contributed by atoms with Gasteiger partial charge in [0, 0.05) is 26.7 Å². The molecule has 2 N–H and O–H groups in total. The number of amides is 1. The average Bonchev–Trinajstić information content (AvgIpc) is 2.42. The van der Waals surface area contributed by atoms with Crippen molar-refractivity contribution in [2.75, 3.05) is 33.4 Å². The molecular formula is C15H20ClFN2O3. The maximum Gasteiger partial charge on any atom is 0.220 e. The number of nitrogens with zero attached hydrogens (tertiary/aromatic N) is 1. The van der Waals surface area contributed by atoms with Crippen molar-refractivity contribution in [2.45, 2.75) is 18.6 Å². The Kier molecular flexibility index (Phi) is 5.74. The molecule has 1 amide bonds. The highest BCUT2D eigenvalue weighted by molar-refractivity contribution is 6.30. The first-order valence-electron chi connectivity index (χ1n) is 7.01. The van der Waals surface area contributed by atoms with Gasteiger partial charge in [-0.1, -0.05) is 17.7 Å². The Morgan fingerprint density at radius 3 is 3.00 bits per heavy atom. The summed E-state index contributed by atoms with van der Waals surface area (Å²) in [5.41, 5.74) is 5.38. The van der Waals surface area contributed by atoms with Crippen molar-refractivity contribution in [2.24, 2.45) is 5.73 Å². The summed E-state index contributed by atoms with van der Waals surface area (Å²) >= 11 is 5.69. The van der Waals surface area contributed by atoms with Gasteiger partial charge >= 0.3 is 0 Å². The van der Waals surface area contributed by atoms with Crippen LogP contribution < -0.4 is 5.73 Å². The first-order chi connectivity index (χ1) is 10.4. The number of nitrogens with two attached hydrogens (primary N) is 1. The van der Waals surface area contributed by atoms with E-state index in [9.17, 15) is 9.18 Å². The summed E-state index contributed by atoms with van der Waals surface area (Å²) in [6.45, 7) is 2.47. The van der Waals surface area contributed by atoms with Crippen molar-refractivity contribution >= 4 is 17.5 Å². The summed E-state index contributed by atoms with van der Waals surface area (Å²) in [7, 11) is 1.56. The van der Waals surface area contributed by atoms with Crippen LogP contribution in [-0.2, 0) is 20.8 Å². The van der Waals surface area contributed by atoms with Gasteiger partial charge in [0.1, 0.15) is 11.4 Å². The number of primary amides is 1. The number of benzene rings is 1. The van der Waals surface area contributed by atoms with E-state index < -0.39 is 17.3 Å². The molecule has 0 spiro atoms. The number of rotatable bonds is 6. The minimum absolute atomic E-state index is 0.0896. The van der Waals surface area contributed by atoms with Gasteiger partial charge in [-0.2, -0.15) is 0 Å². The minimum atomic E-state index is -0.746. The number of carbonyl (C=O) groups excluding carboxylic acids is 1. The summed E-state index contributed by atoms with van der Waals surface area (Å²) in [5.74, 6) is -0.871. The van der Waals surface area contributed by atoms with Crippen LogP contribution in [0.3, 0.4) is 0 Å². The maximum atomic E-state index is 13.5. The lowest BCUT2D eigenvalue weighted by Gasteiger charge is -2.41. The fraction of sp³-hybridized carbons (Fsp3) is 0.533. The van der Waals surface area contributed by atoms with Gasteiger partial charge in [-0.3, -0.25) is 9.69 Å². The zero-order valence-corrected chi connectivity index (χ0v) is 13.2. The van der Waals surface area contributed by atoms with Gasteiger partial charge in [-0.15, -0.1) is 0 Å². The SMILES string of the molecule is COC[C@@]1(CC(N)=O)CN(Cc2ccc(Cl)c(F)c2)CCO1. The largest absolute Gasteiger partial charge is 0.382 e. The Hall–Kier alpha value is -1.21. The van der Waals surface area contributed by atoms with Crippen LogP contribution in [0.15, 0.2) is 18.2 Å². The molecule has 122 valence electrons. The standard InChI is InChI=1S/C15H20ClFN2O3/c1-21-10-15(7-14(18)20)9-19(4-5-22-15)8-11-2-3-12(16)13(17)6-11/h2-3,6H,4-5,7-10H2,1H3,(H2,18,20)/t15-/m1/s1. The highest BCUT2D eigenvalue weighted by atomic mass is 35.5. The second-order valence-corrected chi connectivity index (χ2v) is 5.97. The predicted octanol–water partition coefficient (Wildman–Crippen LogP) is 1.57. The van der Waals surface area contributed by atoms with Crippen molar-refractivity contribution < 1.29 is 18.7 Å². The monoisotopic (exact) mass is 330 g/mol. The number of carbonyl (C=O) groups is 1. The third-order valence-corrected chi connectivity index (χ3v) is 3.93. The van der Waals surface area contributed by atoms with Gasteiger partial charge < -0.3 is 15.2 Å². The van der Waals surface area contributed by atoms with E-state index in [0.29, 0.717) is 26.2 Å². The molecule has 1 saturated heterocycles. The Bertz CT molecular complexity index is 540. The van der Waals surface area contributed by atoms with Gasteiger partial charge in [-0.25, -0.2) is 4.39 Å². The van der Waals surface area contributed by atoms with Crippen molar-refractivity contribution in [1.29, 1.82) is 0 Å². The Morgan fingerprint density at radius 1 is 1.59 bits per heavy atom. The second-order valence-electron chi connectivity index (χ2n) is 5.57. The van der Waals surface area contributed by atoms with Gasteiger partial charge in [0.2, 0.25) is 5.91 Å². The van der Waals surface area contributed by atoms with Crippen LogP contribution in [0.1, 0.15) is 12.0 Å². The van der Waals surface area contributed by atoms with Crippen molar-refractivity contribution in [3.8, 4) is 0 Å².